The molecule has 1 fully saturated rings. The number of carbonyl (C=O) groups excluding carboxylic acids is 2. The Kier molecular flexibility index (Phi) is 5.94. The van der Waals surface area contributed by atoms with E-state index in [1.807, 2.05) is 0 Å². The first kappa shape index (κ1) is 18.4. The zero-order valence-electron chi connectivity index (χ0n) is 13.8. The first-order valence-electron chi connectivity index (χ1n) is 7.78. The van der Waals surface area contributed by atoms with E-state index in [0.717, 1.165) is 19.3 Å². The average molecular weight is 358 g/mol. The van der Waals surface area contributed by atoms with Crippen LogP contribution in [0.5, 0.6) is 0 Å². The van der Waals surface area contributed by atoms with E-state index in [4.69, 9.17) is 4.52 Å². The van der Waals surface area contributed by atoms with Crippen molar-refractivity contribution in [2.45, 2.75) is 38.0 Å². The van der Waals surface area contributed by atoms with Crippen molar-refractivity contribution in [2.75, 3.05) is 26.2 Å². The monoisotopic (exact) mass is 358 g/mol. The summed E-state index contributed by atoms with van der Waals surface area (Å²) in [6.45, 7) is 3.79. The molecule has 2 amide bonds. The quantitative estimate of drug-likeness (QED) is 0.720. The van der Waals surface area contributed by atoms with E-state index in [1.165, 1.54) is 13.8 Å². The number of nitrogens with one attached hydrogen (secondary N) is 2. The highest BCUT2D eigenvalue weighted by atomic mass is 32.2. The molecule has 0 spiro atoms. The summed E-state index contributed by atoms with van der Waals surface area (Å²) in [5.74, 6) is -0.576. The van der Waals surface area contributed by atoms with Gasteiger partial charge in [-0.2, -0.15) is 0 Å². The van der Waals surface area contributed by atoms with Crippen molar-refractivity contribution in [1.29, 1.82) is 0 Å². The maximum atomic E-state index is 12.2. The number of hydrogen-bond donors (Lipinski definition) is 2. The molecule has 0 radical (unpaired) electrons. The molecule has 0 aromatic carbocycles. The average Bonchev–Trinajstić information content (AvgIpc) is 2.91. The number of amides is 2. The van der Waals surface area contributed by atoms with Crippen molar-refractivity contribution >= 4 is 21.8 Å². The Morgan fingerprint density at radius 2 is 1.83 bits per heavy atom. The minimum Gasteiger partial charge on any atom is -0.360 e. The van der Waals surface area contributed by atoms with E-state index < -0.39 is 22.5 Å². The van der Waals surface area contributed by atoms with Gasteiger partial charge in [-0.15, -0.1) is 0 Å². The number of rotatable bonds is 6. The lowest BCUT2D eigenvalue weighted by Gasteiger charge is -2.26. The van der Waals surface area contributed by atoms with Gasteiger partial charge in [0.15, 0.2) is 5.76 Å². The zero-order chi connectivity index (χ0) is 17.7. The maximum absolute atomic E-state index is 12.2. The molecule has 0 bridgehead atoms. The Morgan fingerprint density at radius 1 is 1.17 bits per heavy atom. The standard InChI is InChI=1S/C14H22N4O5S/c1-10-14(11(2)23-17-10)24(21,22)16-8-12(19)15-9-13(20)18-6-4-3-5-7-18/h16H,3-9H2,1-2H3,(H,15,19). The minimum absolute atomic E-state index is 0.0697. The smallest absolute Gasteiger partial charge is 0.246 e. The molecule has 1 aliphatic rings. The van der Waals surface area contributed by atoms with Crippen LogP contribution in [0.15, 0.2) is 9.42 Å². The van der Waals surface area contributed by atoms with Crippen molar-refractivity contribution in [1.82, 2.24) is 20.1 Å². The van der Waals surface area contributed by atoms with Crippen LogP contribution in [0, 0.1) is 13.8 Å². The molecule has 2 rings (SSSR count). The lowest BCUT2D eigenvalue weighted by molar-refractivity contribution is -0.133. The molecule has 2 N–H and O–H groups in total. The summed E-state index contributed by atoms with van der Waals surface area (Å²) in [5.41, 5.74) is 0.223. The van der Waals surface area contributed by atoms with Gasteiger partial charge in [0.25, 0.3) is 0 Å². The number of likely N-dealkylation sites (tertiary alicyclic amines) is 1. The molecule has 0 atom stereocenters. The van der Waals surface area contributed by atoms with Crippen molar-refractivity contribution < 1.29 is 22.5 Å². The fraction of sp³-hybridized carbons (Fsp3) is 0.643. The highest BCUT2D eigenvalue weighted by Gasteiger charge is 2.25. The van der Waals surface area contributed by atoms with Gasteiger partial charge in [0.2, 0.25) is 21.8 Å². The number of carbonyl (C=O) groups is 2. The fourth-order valence-corrected chi connectivity index (χ4v) is 3.89. The molecule has 9 nitrogen and oxygen atoms in total. The normalized spacial score (nSPS) is 15.3. The Labute approximate surface area is 140 Å². The third kappa shape index (κ3) is 4.54. The van der Waals surface area contributed by atoms with E-state index in [1.54, 1.807) is 4.90 Å². The van der Waals surface area contributed by atoms with E-state index in [2.05, 4.69) is 15.2 Å². The van der Waals surface area contributed by atoms with Crippen LogP contribution in [0.1, 0.15) is 30.7 Å². The molecule has 10 heteroatoms. The molecule has 0 unspecified atom stereocenters. The van der Waals surface area contributed by atoms with Gasteiger partial charge in [0.05, 0.1) is 13.1 Å². The lowest BCUT2D eigenvalue weighted by atomic mass is 10.1. The third-order valence-corrected chi connectivity index (χ3v) is 5.45. The van der Waals surface area contributed by atoms with Crippen LogP contribution < -0.4 is 10.0 Å². The first-order valence-corrected chi connectivity index (χ1v) is 9.26. The van der Waals surface area contributed by atoms with Crippen LogP contribution >= 0.6 is 0 Å². The summed E-state index contributed by atoms with van der Waals surface area (Å²) in [4.78, 5) is 25.3. The summed E-state index contributed by atoms with van der Waals surface area (Å²) in [6, 6.07) is 0. The van der Waals surface area contributed by atoms with Gasteiger partial charge in [0.1, 0.15) is 10.6 Å². The van der Waals surface area contributed by atoms with Gasteiger partial charge in [-0.05, 0) is 33.1 Å². The van der Waals surface area contributed by atoms with Crippen LogP contribution in [0.25, 0.3) is 0 Å². The van der Waals surface area contributed by atoms with E-state index in [9.17, 15) is 18.0 Å². The van der Waals surface area contributed by atoms with Gasteiger partial charge < -0.3 is 14.7 Å². The second kappa shape index (κ2) is 7.75. The Bertz CT molecular complexity index is 687. The summed E-state index contributed by atoms with van der Waals surface area (Å²) < 4.78 is 31.3. The fourth-order valence-electron chi connectivity index (χ4n) is 2.58. The van der Waals surface area contributed by atoms with Crippen molar-refractivity contribution in [3.8, 4) is 0 Å². The van der Waals surface area contributed by atoms with E-state index in [0.29, 0.717) is 13.1 Å². The third-order valence-electron chi connectivity index (χ3n) is 3.80. The van der Waals surface area contributed by atoms with E-state index >= 15 is 0 Å². The number of sulfonamides is 1. The molecule has 1 aliphatic heterocycles. The molecule has 24 heavy (non-hydrogen) atoms. The van der Waals surface area contributed by atoms with Gasteiger partial charge in [-0.1, -0.05) is 5.16 Å². The highest BCUT2D eigenvalue weighted by molar-refractivity contribution is 7.89. The summed E-state index contributed by atoms with van der Waals surface area (Å²) in [5, 5.41) is 6.01. The van der Waals surface area contributed by atoms with Crippen LogP contribution in [0.2, 0.25) is 0 Å². The predicted octanol–water partition coefficient (Wildman–Crippen LogP) is -0.302. The largest absolute Gasteiger partial charge is 0.360 e. The molecule has 1 saturated heterocycles. The topological polar surface area (TPSA) is 122 Å². The summed E-state index contributed by atoms with van der Waals surface area (Å²) in [7, 11) is -3.89. The number of aryl methyl sites for hydroxylation is 2. The highest BCUT2D eigenvalue weighted by Crippen LogP contribution is 2.18. The van der Waals surface area contributed by atoms with Crippen LogP contribution in [0.3, 0.4) is 0 Å². The Balaban J connectivity index is 1.81. The second-order valence-electron chi connectivity index (χ2n) is 5.70. The second-order valence-corrected chi connectivity index (χ2v) is 7.40. The number of hydrogen-bond acceptors (Lipinski definition) is 6. The zero-order valence-corrected chi connectivity index (χ0v) is 14.6. The van der Waals surface area contributed by atoms with Crippen molar-refractivity contribution in [3.63, 3.8) is 0 Å². The Hall–Kier alpha value is -1.94. The van der Waals surface area contributed by atoms with Crippen molar-refractivity contribution in [3.05, 3.63) is 11.5 Å². The molecule has 1 aromatic heterocycles. The molecular formula is C14H22N4O5S. The van der Waals surface area contributed by atoms with Crippen molar-refractivity contribution in [2.24, 2.45) is 0 Å². The molecule has 0 saturated carbocycles. The molecule has 134 valence electrons. The molecule has 2 heterocycles. The van der Waals surface area contributed by atoms with Gasteiger partial charge >= 0.3 is 0 Å². The maximum Gasteiger partial charge on any atom is 0.246 e. The SMILES string of the molecule is Cc1noc(C)c1S(=O)(=O)NCC(=O)NCC(=O)N1CCCCC1. The van der Waals surface area contributed by atoms with Gasteiger partial charge in [-0.25, -0.2) is 13.1 Å². The number of aromatic nitrogens is 1. The predicted molar refractivity (Wildman–Crippen MR) is 84.6 cm³/mol. The summed E-state index contributed by atoms with van der Waals surface area (Å²) >= 11 is 0. The van der Waals surface area contributed by atoms with Gasteiger partial charge in [-0.3, -0.25) is 9.59 Å². The van der Waals surface area contributed by atoms with Crippen LogP contribution in [0.4, 0.5) is 0 Å². The molecule has 0 aliphatic carbocycles. The molecular weight excluding hydrogens is 336 g/mol. The summed E-state index contributed by atoms with van der Waals surface area (Å²) in [6.07, 6.45) is 3.05. The van der Waals surface area contributed by atoms with Gasteiger partial charge in [0, 0.05) is 13.1 Å². The minimum atomic E-state index is -3.89. The van der Waals surface area contributed by atoms with Crippen LogP contribution in [-0.4, -0.2) is 56.5 Å². The lowest BCUT2D eigenvalue weighted by Crippen LogP contribution is -2.45. The molecule has 1 aromatic rings. The number of piperidine rings is 1. The van der Waals surface area contributed by atoms with Crippen LogP contribution in [-0.2, 0) is 19.6 Å². The number of nitrogens with zero attached hydrogens (tertiary/aromatic N) is 2. The van der Waals surface area contributed by atoms with E-state index in [-0.39, 0.29) is 28.8 Å². The Morgan fingerprint density at radius 3 is 2.42 bits per heavy atom. The first-order chi connectivity index (χ1) is 11.3.